The number of carbonyl (C=O) groups is 6. The fraction of sp³-hybridized carbons (Fsp3) is 0.525. The molecule has 1 fully saturated rings. The van der Waals surface area contributed by atoms with Gasteiger partial charge in [-0.2, -0.15) is 14.9 Å². The van der Waals surface area contributed by atoms with Crippen LogP contribution in [0.5, 0.6) is 0 Å². The van der Waals surface area contributed by atoms with E-state index in [9.17, 15) is 28.8 Å². The predicted octanol–water partition coefficient (Wildman–Crippen LogP) is 5.04. The van der Waals surface area contributed by atoms with E-state index in [1.165, 1.54) is 18.4 Å². The Kier molecular flexibility index (Phi) is 14.5. The number of rotatable bonds is 13. The van der Waals surface area contributed by atoms with Gasteiger partial charge in [0.15, 0.2) is 23.2 Å². The van der Waals surface area contributed by atoms with Crippen molar-refractivity contribution in [2.24, 2.45) is 0 Å². The highest BCUT2D eigenvalue weighted by molar-refractivity contribution is 6.29. The number of anilines is 1. The summed E-state index contributed by atoms with van der Waals surface area (Å²) in [6.45, 7) is 13.6. The van der Waals surface area contributed by atoms with E-state index in [1.807, 2.05) is 0 Å². The first-order chi connectivity index (χ1) is 28.0. The van der Waals surface area contributed by atoms with Crippen molar-refractivity contribution in [1.29, 1.82) is 0 Å². The molecule has 1 saturated heterocycles. The standard InChI is InChI=1S/C40H48ClN5O14/c1-12-39(58-24(5)48)26(21-55-40(32(49)53-13-2,33(50)54-14-3)20-25-18-16-15-17-19-25)57-31(28(39)56-23(4)47)45-22-42-27-29(45)43-34(41)44-30(27)46(35(51)59-37(6,7)8)36(52)60-38(9,10)11/h1,15-19,22,26,28,31H,13-14,20-21H2,2-11H3/t26-,28+,31-,39-/m1/s1. The zero-order valence-electron chi connectivity index (χ0n) is 34.9. The molecule has 60 heavy (non-hydrogen) atoms. The second kappa shape index (κ2) is 18.6. The van der Waals surface area contributed by atoms with Gasteiger partial charge in [0.25, 0.3) is 5.60 Å². The van der Waals surface area contributed by atoms with Crippen LogP contribution < -0.4 is 4.90 Å². The van der Waals surface area contributed by atoms with Crippen LogP contribution in [0.4, 0.5) is 15.4 Å². The van der Waals surface area contributed by atoms with E-state index in [0.29, 0.717) is 10.5 Å². The Labute approximate surface area is 351 Å². The number of hydrogen-bond donors (Lipinski definition) is 0. The van der Waals surface area contributed by atoms with Gasteiger partial charge in [0, 0.05) is 20.3 Å². The largest absolute Gasteiger partial charge is 0.463 e. The Morgan fingerprint density at radius 2 is 1.47 bits per heavy atom. The maximum atomic E-state index is 13.8. The summed E-state index contributed by atoms with van der Waals surface area (Å²) in [6.07, 6.45) is -0.490. The number of esters is 4. The van der Waals surface area contributed by atoms with Crippen molar-refractivity contribution < 1.29 is 66.7 Å². The van der Waals surface area contributed by atoms with E-state index in [4.69, 9.17) is 55.9 Å². The molecule has 1 aliphatic rings. The smallest absolute Gasteiger partial charge is 0.425 e. The van der Waals surface area contributed by atoms with Gasteiger partial charge in [-0.1, -0.05) is 36.3 Å². The summed E-state index contributed by atoms with van der Waals surface area (Å²) < 4.78 is 46.9. The van der Waals surface area contributed by atoms with Gasteiger partial charge in [0.2, 0.25) is 17.0 Å². The maximum absolute atomic E-state index is 13.8. The van der Waals surface area contributed by atoms with Gasteiger partial charge < -0.3 is 37.9 Å². The van der Waals surface area contributed by atoms with Gasteiger partial charge in [-0.3, -0.25) is 14.2 Å². The molecule has 0 bridgehead atoms. The van der Waals surface area contributed by atoms with E-state index in [1.54, 1.807) is 71.9 Å². The normalized spacial score (nSPS) is 19.1. The summed E-state index contributed by atoms with van der Waals surface area (Å²) in [5, 5.41) is -0.504. The van der Waals surface area contributed by atoms with Crippen molar-refractivity contribution in [1.82, 2.24) is 19.5 Å². The van der Waals surface area contributed by atoms with Crippen molar-refractivity contribution in [3.05, 3.63) is 47.5 Å². The lowest BCUT2D eigenvalue weighted by atomic mass is 9.91. The zero-order chi connectivity index (χ0) is 44.8. The van der Waals surface area contributed by atoms with Gasteiger partial charge in [-0.15, -0.1) is 6.42 Å². The number of halogens is 1. The molecule has 0 radical (unpaired) electrons. The molecular weight excluding hydrogens is 810 g/mol. The first-order valence-electron chi connectivity index (χ1n) is 18.7. The molecular formula is C40H48ClN5O14. The average molecular weight is 858 g/mol. The van der Waals surface area contributed by atoms with Crippen molar-refractivity contribution in [2.75, 3.05) is 24.7 Å². The molecule has 0 spiro atoms. The van der Waals surface area contributed by atoms with Crippen LogP contribution in [0.25, 0.3) is 11.2 Å². The number of carbonyl (C=O) groups excluding carboxylic acids is 6. The van der Waals surface area contributed by atoms with Crippen molar-refractivity contribution in [2.45, 2.75) is 116 Å². The van der Waals surface area contributed by atoms with Crippen LogP contribution in [0.1, 0.15) is 81.0 Å². The number of imidazole rings is 1. The van der Waals surface area contributed by atoms with Gasteiger partial charge >= 0.3 is 36.1 Å². The number of fused-ring (bicyclic) bond motifs is 1. The van der Waals surface area contributed by atoms with Crippen molar-refractivity contribution >= 4 is 64.6 Å². The SMILES string of the molecule is C#C[C@@]1(OC(C)=O)[C@@H](COC(Cc2ccccc2)(C(=O)OCC)C(=O)OCC)O[C@@H](n2cnc3c(N(C(=O)OC(C)(C)C)C(=O)OC(C)(C)C)nc(Cl)nc32)[C@@H]1OC(C)=O. The quantitative estimate of drug-likeness (QED) is 0.0721. The summed E-state index contributed by atoms with van der Waals surface area (Å²) in [5.74, 6) is -2.14. The average Bonchev–Trinajstić information content (AvgIpc) is 3.67. The first-order valence-corrected chi connectivity index (χ1v) is 19.1. The van der Waals surface area contributed by atoms with Crippen molar-refractivity contribution in [3.8, 4) is 12.3 Å². The molecule has 2 amide bonds. The highest BCUT2D eigenvalue weighted by atomic mass is 35.5. The Balaban J connectivity index is 1.93. The lowest BCUT2D eigenvalue weighted by molar-refractivity contribution is -0.200. The minimum absolute atomic E-state index is 0.143. The number of benzene rings is 1. The second-order valence-electron chi connectivity index (χ2n) is 15.3. The van der Waals surface area contributed by atoms with Crippen LogP contribution in [0.3, 0.4) is 0 Å². The van der Waals surface area contributed by atoms with E-state index in [0.717, 1.165) is 20.2 Å². The minimum Gasteiger partial charge on any atom is -0.463 e. The zero-order valence-corrected chi connectivity index (χ0v) is 35.7. The summed E-state index contributed by atoms with van der Waals surface area (Å²) in [7, 11) is 0. The van der Waals surface area contributed by atoms with E-state index in [2.05, 4.69) is 20.9 Å². The molecule has 0 saturated carbocycles. The lowest BCUT2D eigenvalue weighted by Gasteiger charge is -2.34. The summed E-state index contributed by atoms with van der Waals surface area (Å²) in [5.41, 5.74) is -6.93. The van der Waals surface area contributed by atoms with Gasteiger partial charge in [0.05, 0.1) is 26.1 Å². The Morgan fingerprint density at radius 1 is 0.900 bits per heavy atom. The van der Waals surface area contributed by atoms with Crippen molar-refractivity contribution in [3.63, 3.8) is 0 Å². The number of hydrogen-bond acceptors (Lipinski definition) is 17. The van der Waals surface area contributed by atoms with Crippen LogP contribution in [-0.4, -0.2) is 110 Å². The third-order valence-electron chi connectivity index (χ3n) is 8.30. The fourth-order valence-electron chi connectivity index (χ4n) is 6.07. The number of nitrogens with zero attached hydrogens (tertiary/aromatic N) is 5. The molecule has 4 atom stereocenters. The molecule has 4 rings (SSSR count). The van der Waals surface area contributed by atoms with Gasteiger partial charge in [-0.25, -0.2) is 24.2 Å². The number of terminal acetylenes is 1. The topological polar surface area (TPSA) is 223 Å². The van der Waals surface area contributed by atoms with Gasteiger partial charge in [-0.05, 0) is 72.6 Å². The van der Waals surface area contributed by atoms with Gasteiger partial charge in [0.1, 0.15) is 17.3 Å². The molecule has 2 aromatic heterocycles. The first kappa shape index (κ1) is 46.8. The number of imide groups is 1. The predicted molar refractivity (Wildman–Crippen MR) is 210 cm³/mol. The molecule has 0 N–H and O–H groups in total. The Bertz CT molecular complexity index is 2090. The number of amides is 2. The third-order valence-corrected chi connectivity index (χ3v) is 8.47. The summed E-state index contributed by atoms with van der Waals surface area (Å²) >= 11 is 6.43. The fourth-order valence-corrected chi connectivity index (χ4v) is 6.23. The Morgan fingerprint density at radius 3 is 1.95 bits per heavy atom. The molecule has 20 heteroatoms. The molecule has 0 aliphatic carbocycles. The van der Waals surface area contributed by atoms with Crippen LogP contribution >= 0.6 is 11.6 Å². The Hall–Kier alpha value is -5.84. The van der Waals surface area contributed by atoms with E-state index in [-0.39, 0.29) is 30.8 Å². The molecule has 1 aliphatic heterocycles. The highest BCUT2D eigenvalue weighted by Crippen LogP contribution is 2.44. The molecule has 324 valence electrons. The van der Waals surface area contributed by atoms with E-state index < -0.39 is 94.6 Å². The lowest BCUT2D eigenvalue weighted by Crippen LogP contribution is -2.57. The van der Waals surface area contributed by atoms with Crippen LogP contribution in [0, 0.1) is 12.3 Å². The third kappa shape index (κ3) is 10.5. The monoisotopic (exact) mass is 857 g/mol. The number of aromatic nitrogens is 4. The molecule has 3 aromatic rings. The molecule has 1 aromatic carbocycles. The minimum atomic E-state index is -2.45. The molecule has 3 heterocycles. The molecule has 0 unspecified atom stereocenters. The van der Waals surface area contributed by atoms with Crippen LogP contribution in [-0.2, 0) is 63.5 Å². The molecule has 19 nitrogen and oxygen atoms in total. The maximum Gasteiger partial charge on any atom is 0.425 e. The highest BCUT2D eigenvalue weighted by Gasteiger charge is 2.63. The number of ether oxygens (including phenoxy) is 8. The second-order valence-corrected chi connectivity index (χ2v) is 15.6. The van der Waals surface area contributed by atoms with Crippen LogP contribution in [0.15, 0.2) is 36.7 Å². The summed E-state index contributed by atoms with van der Waals surface area (Å²) in [6, 6.07) is 8.41. The van der Waals surface area contributed by atoms with Crippen LogP contribution in [0.2, 0.25) is 5.28 Å². The van der Waals surface area contributed by atoms with E-state index >= 15 is 0 Å². The summed E-state index contributed by atoms with van der Waals surface area (Å²) in [4.78, 5) is 93.7.